The molecule has 0 bridgehead atoms. The second-order valence-electron chi connectivity index (χ2n) is 6.26. The van der Waals surface area contributed by atoms with Crippen molar-refractivity contribution in [3.63, 3.8) is 0 Å². The van der Waals surface area contributed by atoms with Gasteiger partial charge in [0.2, 0.25) is 6.10 Å². The van der Waals surface area contributed by atoms with Gasteiger partial charge in [-0.1, -0.05) is 30.3 Å². The predicted octanol–water partition coefficient (Wildman–Crippen LogP) is 3.03. The van der Waals surface area contributed by atoms with Gasteiger partial charge in [-0.2, -0.15) is 0 Å². The summed E-state index contributed by atoms with van der Waals surface area (Å²) in [5.41, 5.74) is 0.630. The van der Waals surface area contributed by atoms with Crippen LogP contribution in [-0.4, -0.2) is 31.1 Å². The molecule has 6 nitrogen and oxygen atoms in total. The van der Waals surface area contributed by atoms with Crippen LogP contribution in [0.25, 0.3) is 0 Å². The van der Waals surface area contributed by atoms with Gasteiger partial charge in [0, 0.05) is 11.6 Å². The van der Waals surface area contributed by atoms with Gasteiger partial charge in [0.05, 0.1) is 6.61 Å². The summed E-state index contributed by atoms with van der Waals surface area (Å²) in [7, 11) is 0. The SMILES string of the molecule is CCOc1ccc(OCC(=O)O[C@H](C(=O)NC2CC2)c2ccccc2)cc1. The molecule has 0 aromatic heterocycles. The van der Waals surface area contributed by atoms with E-state index in [0.29, 0.717) is 17.9 Å². The Morgan fingerprint density at radius 3 is 2.22 bits per heavy atom. The molecule has 2 aromatic carbocycles. The molecule has 1 aliphatic carbocycles. The normalized spacial score (nSPS) is 14.1. The number of esters is 1. The van der Waals surface area contributed by atoms with Crippen molar-refractivity contribution in [2.45, 2.75) is 31.9 Å². The number of carbonyl (C=O) groups excluding carboxylic acids is 2. The monoisotopic (exact) mass is 369 g/mol. The van der Waals surface area contributed by atoms with Crippen molar-refractivity contribution in [3.8, 4) is 11.5 Å². The Bertz CT molecular complexity index is 756. The van der Waals surface area contributed by atoms with E-state index in [4.69, 9.17) is 14.2 Å². The van der Waals surface area contributed by atoms with Gasteiger partial charge in [0.15, 0.2) is 6.61 Å². The molecule has 27 heavy (non-hydrogen) atoms. The van der Waals surface area contributed by atoms with Crippen molar-refractivity contribution in [3.05, 3.63) is 60.2 Å². The molecule has 2 aromatic rings. The molecule has 3 rings (SSSR count). The smallest absolute Gasteiger partial charge is 0.345 e. The Labute approximate surface area is 158 Å². The zero-order valence-corrected chi connectivity index (χ0v) is 15.2. The van der Waals surface area contributed by atoms with E-state index in [9.17, 15) is 9.59 Å². The molecule has 0 heterocycles. The zero-order chi connectivity index (χ0) is 19.1. The van der Waals surface area contributed by atoms with Crippen LogP contribution in [0.2, 0.25) is 0 Å². The molecular formula is C21H23NO5. The molecule has 1 saturated carbocycles. The number of amides is 1. The largest absolute Gasteiger partial charge is 0.494 e. The Kier molecular flexibility index (Phi) is 6.30. The number of carbonyl (C=O) groups is 2. The fourth-order valence-corrected chi connectivity index (χ4v) is 2.51. The molecule has 0 saturated heterocycles. The van der Waals surface area contributed by atoms with Gasteiger partial charge in [0.1, 0.15) is 11.5 Å². The van der Waals surface area contributed by atoms with E-state index in [2.05, 4.69) is 5.32 Å². The quantitative estimate of drug-likeness (QED) is 0.688. The van der Waals surface area contributed by atoms with Crippen molar-refractivity contribution in [1.29, 1.82) is 0 Å². The first-order valence-electron chi connectivity index (χ1n) is 9.06. The fourth-order valence-electron chi connectivity index (χ4n) is 2.51. The standard InChI is InChI=1S/C21H23NO5/c1-2-25-17-10-12-18(13-11-17)26-14-19(23)27-20(15-6-4-3-5-7-15)21(24)22-16-8-9-16/h3-7,10-13,16,20H,2,8-9,14H2,1H3,(H,22,24)/t20-/m0/s1. The summed E-state index contributed by atoms with van der Waals surface area (Å²) in [4.78, 5) is 24.7. The maximum Gasteiger partial charge on any atom is 0.345 e. The van der Waals surface area contributed by atoms with E-state index in [-0.39, 0.29) is 18.6 Å². The Hall–Kier alpha value is -3.02. The molecule has 1 fully saturated rings. The first-order valence-corrected chi connectivity index (χ1v) is 9.06. The van der Waals surface area contributed by atoms with E-state index >= 15 is 0 Å². The van der Waals surface area contributed by atoms with Crippen molar-refractivity contribution in [2.75, 3.05) is 13.2 Å². The minimum atomic E-state index is -0.983. The molecule has 1 atom stereocenters. The van der Waals surface area contributed by atoms with Gasteiger partial charge in [0.25, 0.3) is 5.91 Å². The lowest BCUT2D eigenvalue weighted by molar-refractivity contribution is -0.158. The number of ether oxygens (including phenoxy) is 3. The Morgan fingerprint density at radius 1 is 1.00 bits per heavy atom. The summed E-state index contributed by atoms with van der Waals surface area (Å²) in [6.45, 7) is 2.20. The lowest BCUT2D eigenvalue weighted by atomic mass is 10.1. The lowest BCUT2D eigenvalue weighted by Crippen LogP contribution is -2.34. The highest BCUT2D eigenvalue weighted by Gasteiger charge is 2.30. The minimum absolute atomic E-state index is 0.183. The molecule has 0 spiro atoms. The summed E-state index contributed by atoms with van der Waals surface area (Å²) in [6, 6.07) is 16.1. The molecular weight excluding hydrogens is 346 g/mol. The summed E-state index contributed by atoms with van der Waals surface area (Å²) in [5, 5.41) is 2.88. The van der Waals surface area contributed by atoms with Crippen LogP contribution in [0.1, 0.15) is 31.4 Å². The predicted molar refractivity (Wildman–Crippen MR) is 99.5 cm³/mol. The van der Waals surface area contributed by atoms with Crippen molar-refractivity contribution in [2.24, 2.45) is 0 Å². The molecule has 142 valence electrons. The van der Waals surface area contributed by atoms with E-state index in [1.807, 2.05) is 13.0 Å². The molecule has 1 N–H and O–H groups in total. The van der Waals surface area contributed by atoms with Crippen LogP contribution in [0.3, 0.4) is 0 Å². The number of hydrogen-bond acceptors (Lipinski definition) is 5. The number of hydrogen-bond donors (Lipinski definition) is 1. The third-order valence-corrected chi connectivity index (χ3v) is 4.00. The van der Waals surface area contributed by atoms with E-state index in [1.54, 1.807) is 48.5 Å². The van der Waals surface area contributed by atoms with Crippen molar-refractivity contribution >= 4 is 11.9 Å². The third kappa shape index (κ3) is 5.74. The Balaban J connectivity index is 1.57. The molecule has 6 heteroatoms. The van der Waals surface area contributed by atoms with Gasteiger partial charge in [-0.15, -0.1) is 0 Å². The maximum atomic E-state index is 12.5. The van der Waals surface area contributed by atoms with Gasteiger partial charge in [-0.25, -0.2) is 4.79 Å². The van der Waals surface area contributed by atoms with E-state index in [1.165, 1.54) is 0 Å². The highest BCUT2D eigenvalue weighted by atomic mass is 16.6. The topological polar surface area (TPSA) is 73.9 Å². The fraction of sp³-hybridized carbons (Fsp3) is 0.333. The van der Waals surface area contributed by atoms with Crippen LogP contribution in [-0.2, 0) is 14.3 Å². The van der Waals surface area contributed by atoms with Crippen LogP contribution in [0, 0.1) is 0 Å². The van der Waals surface area contributed by atoms with E-state index < -0.39 is 12.1 Å². The highest BCUT2D eigenvalue weighted by Crippen LogP contribution is 2.23. The average molecular weight is 369 g/mol. The minimum Gasteiger partial charge on any atom is -0.494 e. The highest BCUT2D eigenvalue weighted by molar-refractivity contribution is 5.85. The van der Waals surface area contributed by atoms with E-state index in [0.717, 1.165) is 18.6 Å². The summed E-state index contributed by atoms with van der Waals surface area (Å²) < 4.78 is 16.2. The molecule has 0 aliphatic heterocycles. The zero-order valence-electron chi connectivity index (χ0n) is 15.2. The summed E-state index contributed by atoms with van der Waals surface area (Å²) in [6.07, 6.45) is 0.938. The Morgan fingerprint density at radius 2 is 1.63 bits per heavy atom. The average Bonchev–Trinajstić information content (AvgIpc) is 3.50. The van der Waals surface area contributed by atoms with Gasteiger partial charge >= 0.3 is 5.97 Å². The van der Waals surface area contributed by atoms with Crippen LogP contribution in [0.4, 0.5) is 0 Å². The van der Waals surface area contributed by atoms with Crippen LogP contribution >= 0.6 is 0 Å². The number of benzene rings is 2. The number of rotatable bonds is 9. The van der Waals surface area contributed by atoms with Gasteiger partial charge < -0.3 is 19.5 Å². The first-order chi connectivity index (χ1) is 13.2. The van der Waals surface area contributed by atoms with Crippen molar-refractivity contribution in [1.82, 2.24) is 5.32 Å². The summed E-state index contributed by atoms with van der Waals surface area (Å²) >= 11 is 0. The van der Waals surface area contributed by atoms with Gasteiger partial charge in [-0.3, -0.25) is 4.79 Å². The molecule has 0 radical (unpaired) electrons. The molecule has 1 amide bonds. The second-order valence-corrected chi connectivity index (χ2v) is 6.26. The second kappa shape index (κ2) is 9.07. The van der Waals surface area contributed by atoms with Crippen LogP contribution < -0.4 is 14.8 Å². The number of nitrogens with one attached hydrogen (secondary N) is 1. The lowest BCUT2D eigenvalue weighted by Gasteiger charge is -2.18. The maximum absolute atomic E-state index is 12.5. The van der Waals surface area contributed by atoms with Gasteiger partial charge in [-0.05, 0) is 44.0 Å². The third-order valence-electron chi connectivity index (χ3n) is 4.00. The first kappa shape index (κ1) is 18.8. The summed E-state index contributed by atoms with van der Waals surface area (Å²) in [5.74, 6) is 0.337. The molecule has 0 unspecified atom stereocenters. The van der Waals surface area contributed by atoms with Crippen molar-refractivity contribution < 1.29 is 23.8 Å². The van der Waals surface area contributed by atoms with Crippen LogP contribution in [0.15, 0.2) is 54.6 Å². The molecule has 1 aliphatic rings. The van der Waals surface area contributed by atoms with Crippen LogP contribution in [0.5, 0.6) is 11.5 Å².